The molecule has 0 fully saturated rings. The third-order valence-corrected chi connectivity index (χ3v) is 5.67. The summed E-state index contributed by atoms with van der Waals surface area (Å²) in [5, 5.41) is 19.7. The van der Waals surface area contributed by atoms with Crippen molar-refractivity contribution in [2.45, 2.75) is 37.5 Å². The second-order valence-electron chi connectivity index (χ2n) is 5.29. The summed E-state index contributed by atoms with van der Waals surface area (Å²) in [7, 11) is -3.89. The van der Waals surface area contributed by atoms with Gasteiger partial charge in [-0.25, -0.2) is 8.42 Å². The molecule has 2 rings (SSSR count). The van der Waals surface area contributed by atoms with E-state index in [2.05, 4.69) is 0 Å². The first-order valence-corrected chi connectivity index (χ1v) is 7.98. The Morgan fingerprint density at radius 1 is 0.762 bits per heavy atom. The third kappa shape index (κ3) is 2.61. The third-order valence-electron chi connectivity index (χ3n) is 3.76. The van der Waals surface area contributed by atoms with Gasteiger partial charge in [0.15, 0.2) is 0 Å². The van der Waals surface area contributed by atoms with Gasteiger partial charge in [0.1, 0.15) is 16.4 Å². The Morgan fingerprint density at radius 3 is 1.95 bits per heavy atom. The van der Waals surface area contributed by atoms with Crippen molar-refractivity contribution in [3.05, 3.63) is 46.5 Å². The monoisotopic (exact) mass is 306 g/mol. The number of phenolic OH excluding ortho intramolecular Hbond substituents is 2. The van der Waals surface area contributed by atoms with E-state index in [4.69, 9.17) is 0 Å². The average Bonchev–Trinajstić information content (AvgIpc) is 2.37. The Balaban J connectivity index is 2.77. The molecule has 4 nitrogen and oxygen atoms in total. The number of hydrogen-bond acceptors (Lipinski definition) is 4. The maximum atomic E-state index is 12.8. The van der Waals surface area contributed by atoms with E-state index in [1.165, 1.54) is 24.3 Å². The molecule has 0 aliphatic rings. The Kier molecular flexibility index (Phi) is 3.72. The minimum absolute atomic E-state index is 0.0125. The van der Waals surface area contributed by atoms with Crippen molar-refractivity contribution in [1.82, 2.24) is 0 Å². The van der Waals surface area contributed by atoms with Gasteiger partial charge in [0, 0.05) is 0 Å². The smallest absolute Gasteiger partial charge is 0.210 e. The molecule has 2 aromatic rings. The van der Waals surface area contributed by atoms with E-state index in [0.29, 0.717) is 11.1 Å². The average molecular weight is 306 g/mol. The van der Waals surface area contributed by atoms with Crippen LogP contribution in [0.15, 0.2) is 34.1 Å². The first-order chi connectivity index (χ1) is 9.64. The highest BCUT2D eigenvalue weighted by atomic mass is 32.2. The highest BCUT2D eigenvalue weighted by Crippen LogP contribution is 2.34. The van der Waals surface area contributed by atoms with Crippen LogP contribution in [0.25, 0.3) is 0 Å². The number of hydrogen-bond donors (Lipinski definition) is 2. The number of aromatic hydroxyl groups is 2. The van der Waals surface area contributed by atoms with Crippen molar-refractivity contribution >= 4 is 9.84 Å². The van der Waals surface area contributed by atoms with Crippen LogP contribution in [0, 0.1) is 27.7 Å². The van der Waals surface area contributed by atoms with E-state index in [9.17, 15) is 18.6 Å². The normalized spacial score (nSPS) is 11.6. The summed E-state index contributed by atoms with van der Waals surface area (Å²) >= 11 is 0. The van der Waals surface area contributed by atoms with E-state index in [-0.39, 0.29) is 21.3 Å². The molecule has 0 unspecified atom stereocenters. The van der Waals surface area contributed by atoms with Crippen molar-refractivity contribution in [2.24, 2.45) is 0 Å². The van der Waals surface area contributed by atoms with Crippen LogP contribution in [0.3, 0.4) is 0 Å². The summed E-state index contributed by atoms with van der Waals surface area (Å²) in [6, 6.07) is 5.62. The zero-order chi connectivity index (χ0) is 15.9. The van der Waals surface area contributed by atoms with Crippen LogP contribution in [0.2, 0.25) is 0 Å². The predicted molar refractivity (Wildman–Crippen MR) is 80.6 cm³/mol. The van der Waals surface area contributed by atoms with Crippen LogP contribution in [-0.2, 0) is 9.84 Å². The Morgan fingerprint density at radius 2 is 1.33 bits per heavy atom. The first kappa shape index (κ1) is 15.4. The van der Waals surface area contributed by atoms with Crippen LogP contribution >= 0.6 is 0 Å². The molecule has 112 valence electrons. The van der Waals surface area contributed by atoms with Gasteiger partial charge < -0.3 is 10.2 Å². The molecule has 0 aromatic heterocycles. The predicted octanol–water partition coefficient (Wildman–Crippen LogP) is 3.16. The van der Waals surface area contributed by atoms with Crippen LogP contribution in [0.1, 0.15) is 22.3 Å². The molecular weight excluding hydrogens is 288 g/mol. The first-order valence-electron chi connectivity index (χ1n) is 6.50. The van der Waals surface area contributed by atoms with Crippen molar-refractivity contribution in [3.8, 4) is 11.5 Å². The number of benzene rings is 2. The lowest BCUT2D eigenvalue weighted by Gasteiger charge is -2.13. The lowest BCUT2D eigenvalue weighted by molar-refractivity contribution is 0.457. The Bertz CT molecular complexity index is 821. The second kappa shape index (κ2) is 5.07. The lowest BCUT2D eigenvalue weighted by atomic mass is 10.1. The van der Waals surface area contributed by atoms with Gasteiger partial charge in [-0.1, -0.05) is 0 Å². The van der Waals surface area contributed by atoms with Gasteiger partial charge in [-0.2, -0.15) is 0 Å². The lowest BCUT2D eigenvalue weighted by Crippen LogP contribution is -2.06. The summed E-state index contributed by atoms with van der Waals surface area (Å²) < 4.78 is 25.5. The summed E-state index contributed by atoms with van der Waals surface area (Å²) in [5.41, 5.74) is 2.83. The molecule has 0 aliphatic carbocycles. The van der Waals surface area contributed by atoms with Gasteiger partial charge in [0.05, 0.1) is 4.90 Å². The van der Waals surface area contributed by atoms with E-state index >= 15 is 0 Å². The van der Waals surface area contributed by atoms with Crippen molar-refractivity contribution in [1.29, 1.82) is 0 Å². The number of phenols is 2. The van der Waals surface area contributed by atoms with E-state index in [1.54, 1.807) is 27.7 Å². The minimum Gasteiger partial charge on any atom is -0.508 e. The molecular formula is C16H18O4S. The molecule has 5 heteroatoms. The molecule has 0 heterocycles. The fourth-order valence-corrected chi connectivity index (χ4v) is 3.94. The highest BCUT2D eigenvalue weighted by molar-refractivity contribution is 7.91. The Labute approximate surface area is 124 Å². The van der Waals surface area contributed by atoms with Crippen LogP contribution in [-0.4, -0.2) is 18.6 Å². The minimum atomic E-state index is -3.89. The summed E-state index contributed by atoms with van der Waals surface area (Å²) in [5.74, 6) is -0.390. The van der Waals surface area contributed by atoms with E-state index in [0.717, 1.165) is 11.1 Å². The quantitative estimate of drug-likeness (QED) is 0.893. The number of sulfone groups is 1. The van der Waals surface area contributed by atoms with Gasteiger partial charge in [0.2, 0.25) is 9.84 Å². The van der Waals surface area contributed by atoms with Gasteiger partial charge >= 0.3 is 0 Å². The molecule has 21 heavy (non-hydrogen) atoms. The van der Waals surface area contributed by atoms with Crippen molar-refractivity contribution in [3.63, 3.8) is 0 Å². The summed E-state index contributed by atoms with van der Waals surface area (Å²) in [6.07, 6.45) is 0. The summed E-state index contributed by atoms with van der Waals surface area (Å²) in [6.45, 7) is 7.00. The molecule has 0 saturated carbocycles. The largest absolute Gasteiger partial charge is 0.508 e. The zero-order valence-corrected chi connectivity index (χ0v) is 13.2. The van der Waals surface area contributed by atoms with Crippen LogP contribution in [0.4, 0.5) is 0 Å². The topological polar surface area (TPSA) is 74.6 Å². The molecule has 0 radical (unpaired) electrons. The Hall–Kier alpha value is -2.01. The van der Waals surface area contributed by atoms with Gasteiger partial charge in [-0.05, 0) is 74.2 Å². The van der Waals surface area contributed by atoms with Crippen molar-refractivity contribution in [2.75, 3.05) is 0 Å². The fraction of sp³-hybridized carbons (Fsp3) is 0.250. The summed E-state index contributed by atoms with van der Waals surface area (Å²) in [4.78, 5) is -0.128. The maximum Gasteiger partial charge on any atom is 0.210 e. The molecule has 2 aromatic carbocycles. The highest BCUT2D eigenvalue weighted by Gasteiger charge is 2.25. The van der Waals surface area contributed by atoms with E-state index in [1.807, 2.05) is 0 Å². The zero-order valence-electron chi connectivity index (χ0n) is 12.4. The van der Waals surface area contributed by atoms with Crippen molar-refractivity contribution < 1.29 is 18.6 Å². The maximum absolute atomic E-state index is 12.8. The molecule has 0 amide bonds. The number of rotatable bonds is 2. The molecule has 2 N–H and O–H groups in total. The fourth-order valence-electron chi connectivity index (χ4n) is 2.20. The molecule has 0 spiro atoms. The van der Waals surface area contributed by atoms with Gasteiger partial charge in [0.25, 0.3) is 0 Å². The molecule has 0 saturated heterocycles. The SMILES string of the molecule is Cc1cc(O)c(S(=O)(=O)c2cc(O)cc(C)c2C)cc1C. The molecule has 0 bridgehead atoms. The number of aryl methyl sites for hydroxylation is 3. The van der Waals surface area contributed by atoms with E-state index < -0.39 is 9.84 Å². The van der Waals surface area contributed by atoms with Crippen LogP contribution < -0.4 is 0 Å². The van der Waals surface area contributed by atoms with Gasteiger partial charge in [-0.3, -0.25) is 0 Å². The second-order valence-corrected chi connectivity index (χ2v) is 7.18. The van der Waals surface area contributed by atoms with Gasteiger partial charge in [-0.15, -0.1) is 0 Å². The standard InChI is InChI=1S/C16H18O4S/c1-9-6-14(18)16(7-10(9)2)21(19,20)15-8-13(17)5-11(3)12(15)4/h5-8,17-18H,1-4H3. The molecule has 0 aliphatic heterocycles. The molecule has 0 atom stereocenters. The van der Waals surface area contributed by atoms with Crippen LogP contribution in [0.5, 0.6) is 11.5 Å².